The molecule has 0 saturated carbocycles. The standard InChI is InChI=1S/C19H15ClN2O4S/c20-13-11-16(19(24)21-14-7-3-1-4-8-14)18(23)17(12-13)27(25,26)22-15-9-5-2-6-10-15/h1-12,22-23H,(H,21,24). The van der Waals surface area contributed by atoms with Crippen LogP contribution < -0.4 is 10.0 Å². The van der Waals surface area contributed by atoms with Crippen molar-refractivity contribution < 1.29 is 18.3 Å². The van der Waals surface area contributed by atoms with Gasteiger partial charge in [-0.25, -0.2) is 8.42 Å². The third-order valence-corrected chi connectivity index (χ3v) is 5.24. The fourth-order valence-electron chi connectivity index (χ4n) is 2.39. The second-order valence-electron chi connectivity index (χ2n) is 5.59. The molecule has 1 amide bonds. The summed E-state index contributed by atoms with van der Waals surface area (Å²) >= 11 is 5.99. The molecule has 0 radical (unpaired) electrons. The molecule has 0 aliphatic rings. The number of rotatable bonds is 5. The summed E-state index contributed by atoms with van der Waals surface area (Å²) in [5.41, 5.74) is 0.556. The lowest BCUT2D eigenvalue weighted by molar-refractivity contribution is 0.102. The molecule has 0 aliphatic heterocycles. The van der Waals surface area contributed by atoms with Gasteiger partial charge in [-0.1, -0.05) is 48.0 Å². The van der Waals surface area contributed by atoms with Crippen molar-refractivity contribution in [2.45, 2.75) is 4.90 Å². The second kappa shape index (κ2) is 7.69. The van der Waals surface area contributed by atoms with E-state index in [9.17, 15) is 18.3 Å². The van der Waals surface area contributed by atoms with E-state index in [1.165, 1.54) is 6.07 Å². The molecule has 0 atom stereocenters. The number of carbonyl (C=O) groups excluding carboxylic acids is 1. The number of hydrogen-bond acceptors (Lipinski definition) is 4. The molecular weight excluding hydrogens is 388 g/mol. The Kier molecular flexibility index (Phi) is 5.34. The molecule has 0 saturated heterocycles. The molecule has 0 aromatic heterocycles. The van der Waals surface area contributed by atoms with Gasteiger partial charge < -0.3 is 10.4 Å². The summed E-state index contributed by atoms with van der Waals surface area (Å²) in [6.45, 7) is 0. The van der Waals surface area contributed by atoms with Gasteiger partial charge in [0.05, 0.1) is 5.56 Å². The topological polar surface area (TPSA) is 95.5 Å². The van der Waals surface area contributed by atoms with E-state index in [0.29, 0.717) is 11.4 Å². The minimum absolute atomic E-state index is 0.000511. The van der Waals surface area contributed by atoms with Gasteiger partial charge in [-0.05, 0) is 36.4 Å². The number of carbonyl (C=O) groups is 1. The fourth-order valence-corrected chi connectivity index (χ4v) is 3.87. The van der Waals surface area contributed by atoms with Crippen molar-refractivity contribution in [2.24, 2.45) is 0 Å². The van der Waals surface area contributed by atoms with Crippen molar-refractivity contribution in [2.75, 3.05) is 10.0 Å². The van der Waals surface area contributed by atoms with Crippen LogP contribution >= 0.6 is 11.6 Å². The Balaban J connectivity index is 1.97. The van der Waals surface area contributed by atoms with E-state index in [0.717, 1.165) is 6.07 Å². The molecule has 6 nitrogen and oxygen atoms in total. The first-order valence-corrected chi connectivity index (χ1v) is 9.70. The SMILES string of the molecule is O=C(Nc1ccccc1)c1cc(Cl)cc(S(=O)(=O)Nc2ccccc2)c1O. The summed E-state index contributed by atoms with van der Waals surface area (Å²) in [6.07, 6.45) is 0. The Morgan fingerprint density at radius 3 is 2.04 bits per heavy atom. The fraction of sp³-hybridized carbons (Fsp3) is 0. The average molecular weight is 403 g/mol. The van der Waals surface area contributed by atoms with E-state index in [2.05, 4.69) is 10.0 Å². The van der Waals surface area contributed by atoms with Crippen LogP contribution in [0.25, 0.3) is 0 Å². The van der Waals surface area contributed by atoms with Crippen LogP contribution in [0.3, 0.4) is 0 Å². The van der Waals surface area contributed by atoms with E-state index in [1.807, 2.05) is 0 Å². The van der Waals surface area contributed by atoms with Gasteiger partial charge in [0.15, 0.2) is 0 Å². The second-order valence-corrected chi connectivity index (χ2v) is 7.68. The zero-order valence-corrected chi connectivity index (χ0v) is 15.5. The number of benzene rings is 3. The quantitative estimate of drug-likeness (QED) is 0.598. The van der Waals surface area contributed by atoms with Crippen LogP contribution in [-0.4, -0.2) is 19.4 Å². The monoisotopic (exact) mass is 402 g/mol. The number of hydrogen-bond donors (Lipinski definition) is 3. The lowest BCUT2D eigenvalue weighted by Gasteiger charge is -2.13. The predicted octanol–water partition coefficient (Wildman–Crippen LogP) is 4.10. The summed E-state index contributed by atoms with van der Waals surface area (Å²) in [7, 11) is -4.16. The van der Waals surface area contributed by atoms with Crippen LogP contribution in [0.2, 0.25) is 5.02 Å². The van der Waals surface area contributed by atoms with Crippen LogP contribution in [0.4, 0.5) is 11.4 Å². The van der Waals surface area contributed by atoms with E-state index >= 15 is 0 Å². The van der Waals surface area contributed by atoms with Crippen LogP contribution in [-0.2, 0) is 10.0 Å². The van der Waals surface area contributed by atoms with Crippen molar-refractivity contribution in [1.82, 2.24) is 0 Å². The van der Waals surface area contributed by atoms with Crippen LogP contribution in [0.15, 0.2) is 77.7 Å². The summed E-state index contributed by atoms with van der Waals surface area (Å²) in [6, 6.07) is 19.0. The van der Waals surface area contributed by atoms with Gasteiger partial charge >= 0.3 is 0 Å². The van der Waals surface area contributed by atoms with Crippen LogP contribution in [0.1, 0.15) is 10.4 Å². The highest BCUT2D eigenvalue weighted by Gasteiger charge is 2.25. The molecule has 0 aliphatic carbocycles. The third-order valence-electron chi connectivity index (χ3n) is 3.63. The molecule has 138 valence electrons. The van der Waals surface area contributed by atoms with E-state index < -0.39 is 26.6 Å². The zero-order valence-electron chi connectivity index (χ0n) is 13.9. The minimum atomic E-state index is -4.16. The summed E-state index contributed by atoms with van der Waals surface area (Å²) < 4.78 is 27.6. The van der Waals surface area contributed by atoms with Gasteiger partial charge in [0.25, 0.3) is 15.9 Å². The smallest absolute Gasteiger partial charge is 0.265 e. The van der Waals surface area contributed by atoms with Crippen molar-refractivity contribution in [3.8, 4) is 5.75 Å². The molecule has 0 unspecified atom stereocenters. The normalized spacial score (nSPS) is 11.0. The minimum Gasteiger partial charge on any atom is -0.506 e. The first-order chi connectivity index (χ1) is 12.9. The Bertz CT molecular complexity index is 1070. The maximum absolute atomic E-state index is 12.6. The number of para-hydroxylation sites is 2. The Morgan fingerprint density at radius 2 is 1.44 bits per heavy atom. The van der Waals surface area contributed by atoms with Gasteiger partial charge in [-0.2, -0.15) is 0 Å². The third kappa shape index (κ3) is 4.39. The highest BCUT2D eigenvalue weighted by atomic mass is 35.5. The molecule has 0 heterocycles. The number of phenolic OH excluding ortho intramolecular Hbond substituents is 1. The van der Waals surface area contributed by atoms with Crippen molar-refractivity contribution in [1.29, 1.82) is 0 Å². The van der Waals surface area contributed by atoms with E-state index in [-0.39, 0.29) is 10.6 Å². The van der Waals surface area contributed by atoms with Crippen molar-refractivity contribution >= 4 is 38.9 Å². The Hall–Kier alpha value is -3.03. The van der Waals surface area contributed by atoms with Gasteiger partial charge in [0, 0.05) is 16.4 Å². The number of halogens is 1. The van der Waals surface area contributed by atoms with Gasteiger partial charge in [-0.15, -0.1) is 0 Å². The lowest BCUT2D eigenvalue weighted by Crippen LogP contribution is -2.16. The number of sulfonamides is 1. The van der Waals surface area contributed by atoms with E-state index in [4.69, 9.17) is 11.6 Å². The summed E-state index contributed by atoms with van der Waals surface area (Å²) in [5.74, 6) is -1.37. The Labute approximate surface area is 161 Å². The average Bonchev–Trinajstić information content (AvgIpc) is 2.64. The maximum Gasteiger partial charge on any atom is 0.265 e. The molecule has 0 fully saturated rings. The Morgan fingerprint density at radius 1 is 0.889 bits per heavy atom. The molecule has 0 spiro atoms. The molecule has 0 bridgehead atoms. The maximum atomic E-state index is 12.6. The number of phenols is 1. The van der Waals surface area contributed by atoms with Gasteiger partial charge in [0.1, 0.15) is 10.6 Å². The first kappa shape index (κ1) is 18.8. The highest BCUT2D eigenvalue weighted by molar-refractivity contribution is 7.92. The molecular formula is C19H15ClN2O4S. The number of nitrogens with one attached hydrogen (secondary N) is 2. The van der Waals surface area contributed by atoms with Crippen molar-refractivity contribution in [3.05, 3.63) is 83.4 Å². The largest absolute Gasteiger partial charge is 0.506 e. The number of anilines is 2. The first-order valence-electron chi connectivity index (χ1n) is 7.83. The molecule has 3 rings (SSSR count). The predicted molar refractivity (Wildman–Crippen MR) is 105 cm³/mol. The molecule has 3 N–H and O–H groups in total. The summed E-state index contributed by atoms with van der Waals surface area (Å²) in [5, 5.41) is 13.0. The summed E-state index contributed by atoms with van der Waals surface area (Å²) in [4.78, 5) is 12.0. The number of aromatic hydroxyl groups is 1. The molecule has 27 heavy (non-hydrogen) atoms. The van der Waals surface area contributed by atoms with Gasteiger partial charge in [0.2, 0.25) is 0 Å². The van der Waals surface area contributed by atoms with Crippen molar-refractivity contribution in [3.63, 3.8) is 0 Å². The number of amides is 1. The van der Waals surface area contributed by atoms with Crippen LogP contribution in [0.5, 0.6) is 5.75 Å². The highest BCUT2D eigenvalue weighted by Crippen LogP contribution is 2.32. The van der Waals surface area contributed by atoms with Gasteiger partial charge in [-0.3, -0.25) is 9.52 Å². The molecule has 3 aromatic rings. The molecule has 3 aromatic carbocycles. The van der Waals surface area contributed by atoms with Crippen LogP contribution in [0, 0.1) is 0 Å². The zero-order chi connectivity index (χ0) is 19.4. The lowest BCUT2D eigenvalue weighted by atomic mass is 10.2. The molecule has 8 heteroatoms. The van der Waals surface area contributed by atoms with E-state index in [1.54, 1.807) is 60.7 Å².